The number of ether oxygens (including phenoxy) is 1. The summed E-state index contributed by atoms with van der Waals surface area (Å²) in [7, 11) is 0. The van der Waals surface area contributed by atoms with Crippen LogP contribution in [-0.2, 0) is 21.5 Å². The standard InChI is InChI=1S/C21H16ClF3N2O3S2/c1-12-10-31-20(26-12)32-11-13-5-2-3-6-14(13)19(29)30-9-17(28)27-18-15(21(23,24)25)7-4-8-16(18)22/h2-8,10H,9,11H2,1H3,(H,27,28). The van der Waals surface area contributed by atoms with Crippen molar-refractivity contribution in [1.29, 1.82) is 0 Å². The molecule has 1 aromatic heterocycles. The summed E-state index contributed by atoms with van der Waals surface area (Å²) < 4.78 is 45.3. The van der Waals surface area contributed by atoms with Gasteiger partial charge in [-0.15, -0.1) is 11.3 Å². The molecule has 0 bridgehead atoms. The van der Waals surface area contributed by atoms with Crippen LogP contribution in [0.5, 0.6) is 0 Å². The lowest BCUT2D eigenvalue weighted by Gasteiger charge is -2.15. The molecule has 168 valence electrons. The van der Waals surface area contributed by atoms with E-state index in [2.05, 4.69) is 10.3 Å². The summed E-state index contributed by atoms with van der Waals surface area (Å²) >= 11 is 8.77. The van der Waals surface area contributed by atoms with Gasteiger partial charge in [-0.25, -0.2) is 9.78 Å². The number of anilines is 1. The number of hydrogen-bond acceptors (Lipinski definition) is 6. The first kappa shape index (κ1) is 24.1. The minimum Gasteiger partial charge on any atom is -0.452 e. The molecule has 0 atom stereocenters. The van der Waals surface area contributed by atoms with E-state index in [4.69, 9.17) is 16.3 Å². The van der Waals surface area contributed by atoms with Crippen LogP contribution in [0.1, 0.15) is 27.2 Å². The van der Waals surface area contributed by atoms with Gasteiger partial charge in [0.25, 0.3) is 5.91 Å². The molecule has 0 fully saturated rings. The van der Waals surface area contributed by atoms with E-state index in [0.29, 0.717) is 11.3 Å². The number of halogens is 4. The molecule has 3 aromatic rings. The summed E-state index contributed by atoms with van der Waals surface area (Å²) in [5.41, 5.74) is 0.169. The van der Waals surface area contributed by atoms with Gasteiger partial charge in [-0.3, -0.25) is 4.79 Å². The summed E-state index contributed by atoms with van der Waals surface area (Å²) in [5.74, 6) is -1.25. The molecular weight excluding hydrogens is 485 g/mol. The number of benzene rings is 2. The van der Waals surface area contributed by atoms with Gasteiger partial charge in [-0.2, -0.15) is 13.2 Å². The number of thioether (sulfide) groups is 1. The monoisotopic (exact) mass is 500 g/mol. The van der Waals surface area contributed by atoms with Gasteiger partial charge in [0, 0.05) is 16.8 Å². The number of carbonyl (C=O) groups is 2. The van der Waals surface area contributed by atoms with Crippen LogP contribution in [-0.4, -0.2) is 23.5 Å². The van der Waals surface area contributed by atoms with Crippen LogP contribution in [0.3, 0.4) is 0 Å². The van der Waals surface area contributed by atoms with E-state index in [-0.39, 0.29) is 10.6 Å². The molecule has 5 nitrogen and oxygen atoms in total. The van der Waals surface area contributed by atoms with Gasteiger partial charge in [-0.05, 0) is 30.7 Å². The first-order valence-corrected chi connectivity index (χ1v) is 11.3. The van der Waals surface area contributed by atoms with Crippen LogP contribution < -0.4 is 5.32 Å². The number of aryl methyl sites for hydroxylation is 1. The topological polar surface area (TPSA) is 68.3 Å². The molecule has 1 amide bonds. The van der Waals surface area contributed by atoms with Gasteiger partial charge in [0.2, 0.25) is 0 Å². The molecular formula is C21H16ClF3N2O3S2. The number of carbonyl (C=O) groups excluding carboxylic acids is 2. The number of para-hydroxylation sites is 1. The van der Waals surface area contributed by atoms with Crippen molar-refractivity contribution in [3.05, 3.63) is 75.3 Å². The molecule has 1 heterocycles. The molecule has 0 spiro atoms. The zero-order valence-electron chi connectivity index (χ0n) is 16.5. The lowest BCUT2D eigenvalue weighted by atomic mass is 10.1. The predicted octanol–water partition coefficient (Wildman–Crippen LogP) is 6.21. The molecule has 2 aromatic carbocycles. The smallest absolute Gasteiger partial charge is 0.418 e. The van der Waals surface area contributed by atoms with Crippen molar-refractivity contribution in [1.82, 2.24) is 4.98 Å². The van der Waals surface area contributed by atoms with Crippen LogP contribution >= 0.6 is 34.7 Å². The fourth-order valence-electron chi connectivity index (χ4n) is 2.66. The highest BCUT2D eigenvalue weighted by Gasteiger charge is 2.34. The maximum absolute atomic E-state index is 13.2. The fraction of sp³-hybridized carbons (Fsp3) is 0.190. The normalized spacial score (nSPS) is 11.3. The number of hydrogen-bond donors (Lipinski definition) is 1. The summed E-state index contributed by atoms with van der Waals surface area (Å²) in [4.78, 5) is 29.0. The summed E-state index contributed by atoms with van der Waals surface area (Å²) in [6.07, 6.45) is -4.71. The average Bonchev–Trinajstić information content (AvgIpc) is 3.16. The van der Waals surface area contributed by atoms with E-state index in [0.717, 1.165) is 22.2 Å². The molecule has 1 N–H and O–H groups in total. The number of thiazole rings is 1. The lowest BCUT2D eigenvalue weighted by Crippen LogP contribution is -2.23. The van der Waals surface area contributed by atoms with Gasteiger partial charge >= 0.3 is 12.1 Å². The summed E-state index contributed by atoms with van der Waals surface area (Å²) in [6.45, 7) is 1.12. The first-order valence-electron chi connectivity index (χ1n) is 9.10. The Labute approximate surface area is 195 Å². The van der Waals surface area contributed by atoms with Crippen molar-refractivity contribution in [2.24, 2.45) is 0 Å². The highest BCUT2D eigenvalue weighted by atomic mass is 35.5. The van der Waals surface area contributed by atoms with E-state index < -0.39 is 35.9 Å². The molecule has 11 heteroatoms. The molecule has 0 unspecified atom stereocenters. The number of amides is 1. The SMILES string of the molecule is Cc1csc(SCc2ccccc2C(=O)OCC(=O)Nc2c(Cl)cccc2C(F)(F)F)n1. The van der Waals surface area contributed by atoms with Crippen LogP contribution in [0, 0.1) is 6.92 Å². The average molecular weight is 501 g/mol. The number of esters is 1. The largest absolute Gasteiger partial charge is 0.452 e. The molecule has 0 aliphatic heterocycles. The highest BCUT2D eigenvalue weighted by molar-refractivity contribution is 8.00. The second-order valence-electron chi connectivity index (χ2n) is 6.49. The Morgan fingerprint density at radius 3 is 2.62 bits per heavy atom. The van der Waals surface area contributed by atoms with E-state index in [9.17, 15) is 22.8 Å². The van der Waals surface area contributed by atoms with Crippen molar-refractivity contribution < 1.29 is 27.5 Å². The predicted molar refractivity (Wildman–Crippen MR) is 118 cm³/mol. The first-order chi connectivity index (χ1) is 15.1. The third-order valence-electron chi connectivity index (χ3n) is 4.10. The highest BCUT2D eigenvalue weighted by Crippen LogP contribution is 2.38. The summed E-state index contributed by atoms with van der Waals surface area (Å²) in [5, 5.41) is 3.72. The molecule has 0 aliphatic rings. The van der Waals surface area contributed by atoms with Crippen molar-refractivity contribution in [3.63, 3.8) is 0 Å². The van der Waals surface area contributed by atoms with Crippen LogP contribution in [0.4, 0.5) is 18.9 Å². The molecule has 3 rings (SSSR count). The number of nitrogens with zero attached hydrogens (tertiary/aromatic N) is 1. The van der Waals surface area contributed by atoms with E-state index >= 15 is 0 Å². The molecule has 0 saturated heterocycles. The fourth-order valence-corrected chi connectivity index (χ4v) is 4.73. The minimum atomic E-state index is -4.71. The molecule has 0 saturated carbocycles. The Balaban J connectivity index is 1.64. The van der Waals surface area contributed by atoms with Gasteiger partial charge in [0.15, 0.2) is 6.61 Å². The maximum atomic E-state index is 13.2. The second-order valence-corrected chi connectivity index (χ2v) is 8.97. The van der Waals surface area contributed by atoms with Crippen LogP contribution in [0.15, 0.2) is 52.2 Å². The second kappa shape index (κ2) is 10.4. The zero-order valence-corrected chi connectivity index (χ0v) is 18.9. The Bertz CT molecular complexity index is 1140. The third-order valence-corrected chi connectivity index (χ3v) is 6.61. The summed E-state index contributed by atoms with van der Waals surface area (Å²) in [6, 6.07) is 9.87. The van der Waals surface area contributed by atoms with E-state index in [1.54, 1.807) is 24.3 Å². The Morgan fingerprint density at radius 1 is 1.19 bits per heavy atom. The molecule has 32 heavy (non-hydrogen) atoms. The van der Waals surface area contributed by atoms with Crippen molar-refractivity contribution in [3.8, 4) is 0 Å². The van der Waals surface area contributed by atoms with E-state index in [1.165, 1.54) is 29.2 Å². The lowest BCUT2D eigenvalue weighted by molar-refractivity contribution is -0.137. The number of alkyl halides is 3. The van der Waals surface area contributed by atoms with Crippen LogP contribution in [0.2, 0.25) is 5.02 Å². The quantitative estimate of drug-likeness (QED) is 0.308. The van der Waals surface area contributed by atoms with Crippen molar-refractivity contribution in [2.75, 3.05) is 11.9 Å². The molecule has 0 aliphatic carbocycles. The van der Waals surface area contributed by atoms with Gasteiger partial charge in [-0.1, -0.05) is 47.6 Å². The van der Waals surface area contributed by atoms with Crippen LogP contribution in [0.25, 0.3) is 0 Å². The molecule has 0 radical (unpaired) electrons. The van der Waals surface area contributed by atoms with Gasteiger partial charge in [0.1, 0.15) is 4.34 Å². The van der Waals surface area contributed by atoms with E-state index in [1.807, 2.05) is 12.3 Å². The number of aromatic nitrogens is 1. The Kier molecular flexibility index (Phi) is 7.81. The van der Waals surface area contributed by atoms with Gasteiger partial charge in [0.05, 0.1) is 21.8 Å². The number of rotatable bonds is 7. The Hall–Kier alpha value is -2.56. The Morgan fingerprint density at radius 2 is 1.94 bits per heavy atom. The zero-order chi connectivity index (χ0) is 23.3. The maximum Gasteiger partial charge on any atom is 0.418 e. The van der Waals surface area contributed by atoms with Crippen molar-refractivity contribution >= 4 is 52.3 Å². The number of nitrogens with one attached hydrogen (secondary N) is 1. The minimum absolute atomic E-state index is 0.259. The van der Waals surface area contributed by atoms with Crippen molar-refractivity contribution in [2.45, 2.75) is 23.2 Å². The van der Waals surface area contributed by atoms with Gasteiger partial charge < -0.3 is 10.1 Å². The third kappa shape index (κ3) is 6.24.